The number of hydrogen-bond acceptors (Lipinski definition) is 5. The fourth-order valence-corrected chi connectivity index (χ4v) is 3.22. The largest absolute Gasteiger partial charge is 0.356 e. The number of aromatic nitrogens is 2. The van der Waals surface area contributed by atoms with Crippen LogP contribution in [0.4, 0.5) is 5.95 Å². The van der Waals surface area contributed by atoms with E-state index in [1.165, 1.54) is 12.8 Å². The van der Waals surface area contributed by atoms with Gasteiger partial charge in [0.2, 0.25) is 5.95 Å². The van der Waals surface area contributed by atoms with Crippen molar-refractivity contribution in [1.29, 1.82) is 0 Å². The molecule has 1 aliphatic rings. The molecule has 0 spiro atoms. The molecular formula is C20H38IN7. The minimum Gasteiger partial charge on any atom is -0.356 e. The van der Waals surface area contributed by atoms with E-state index in [4.69, 9.17) is 0 Å². The number of aliphatic imine (C=N–C) groups is 1. The molecule has 2 heterocycles. The lowest BCUT2D eigenvalue weighted by Crippen LogP contribution is -2.48. The van der Waals surface area contributed by atoms with Crippen molar-refractivity contribution in [3.05, 3.63) is 18.5 Å². The van der Waals surface area contributed by atoms with Gasteiger partial charge in [0, 0.05) is 58.2 Å². The van der Waals surface area contributed by atoms with Crippen molar-refractivity contribution < 1.29 is 0 Å². The van der Waals surface area contributed by atoms with Gasteiger partial charge < -0.3 is 15.5 Å². The van der Waals surface area contributed by atoms with Crippen LogP contribution >= 0.6 is 24.0 Å². The third kappa shape index (κ3) is 9.36. The lowest BCUT2D eigenvalue weighted by atomic mass is 10.0. The number of hydrogen-bond donors (Lipinski definition) is 2. The lowest BCUT2D eigenvalue weighted by Gasteiger charge is -2.34. The van der Waals surface area contributed by atoms with E-state index in [2.05, 4.69) is 56.2 Å². The molecule has 160 valence electrons. The fraction of sp³-hybridized carbons (Fsp3) is 0.750. The minimum absolute atomic E-state index is 0. The highest BCUT2D eigenvalue weighted by Crippen LogP contribution is 2.09. The summed E-state index contributed by atoms with van der Waals surface area (Å²) in [6, 6.07) is 2.31. The maximum absolute atomic E-state index is 4.34. The molecular weight excluding hydrogens is 465 g/mol. The van der Waals surface area contributed by atoms with E-state index in [1.54, 1.807) is 0 Å². The molecule has 1 saturated heterocycles. The quantitative estimate of drug-likeness (QED) is 0.234. The predicted molar refractivity (Wildman–Crippen MR) is 129 cm³/mol. The van der Waals surface area contributed by atoms with Gasteiger partial charge in [-0.05, 0) is 44.7 Å². The van der Waals surface area contributed by atoms with Crippen molar-refractivity contribution in [1.82, 2.24) is 25.5 Å². The number of nitrogens with zero attached hydrogens (tertiary/aromatic N) is 5. The van der Waals surface area contributed by atoms with Gasteiger partial charge >= 0.3 is 0 Å². The van der Waals surface area contributed by atoms with Gasteiger partial charge in [0.25, 0.3) is 0 Å². The van der Waals surface area contributed by atoms with Crippen LogP contribution in [0.1, 0.15) is 40.0 Å². The molecule has 2 N–H and O–H groups in total. The molecule has 0 radical (unpaired) electrons. The maximum Gasteiger partial charge on any atom is 0.225 e. The number of nitrogens with one attached hydrogen (secondary N) is 2. The van der Waals surface area contributed by atoms with Crippen molar-refractivity contribution in [3.63, 3.8) is 0 Å². The average Bonchev–Trinajstić information content (AvgIpc) is 2.69. The highest BCUT2D eigenvalue weighted by molar-refractivity contribution is 14.0. The minimum atomic E-state index is 0. The highest BCUT2D eigenvalue weighted by atomic mass is 127. The first-order chi connectivity index (χ1) is 13.1. The maximum atomic E-state index is 4.34. The van der Waals surface area contributed by atoms with Crippen LogP contribution in [-0.4, -0.2) is 73.2 Å². The molecule has 1 aliphatic heterocycles. The first-order valence-corrected chi connectivity index (χ1v) is 10.3. The molecule has 7 nitrogen and oxygen atoms in total. The smallest absolute Gasteiger partial charge is 0.225 e. The number of halogens is 1. The third-order valence-electron chi connectivity index (χ3n) is 4.93. The Morgan fingerprint density at radius 2 is 1.79 bits per heavy atom. The van der Waals surface area contributed by atoms with Crippen molar-refractivity contribution >= 4 is 35.9 Å². The highest BCUT2D eigenvalue weighted by Gasteiger charge is 2.18. The molecule has 1 fully saturated rings. The Labute approximate surface area is 187 Å². The summed E-state index contributed by atoms with van der Waals surface area (Å²) < 4.78 is 0. The van der Waals surface area contributed by atoms with Gasteiger partial charge in [-0.15, -0.1) is 24.0 Å². The van der Waals surface area contributed by atoms with E-state index in [9.17, 15) is 0 Å². The Kier molecular flexibility index (Phi) is 12.4. The molecule has 0 saturated carbocycles. The van der Waals surface area contributed by atoms with Gasteiger partial charge in [-0.25, -0.2) is 9.97 Å². The zero-order chi connectivity index (χ0) is 19.5. The Morgan fingerprint density at radius 1 is 1.11 bits per heavy atom. The summed E-state index contributed by atoms with van der Waals surface area (Å²) in [6.45, 7) is 12.9. The summed E-state index contributed by atoms with van der Waals surface area (Å²) in [6.07, 6.45) is 7.15. The molecule has 1 aromatic heterocycles. The van der Waals surface area contributed by atoms with Gasteiger partial charge in [-0.1, -0.05) is 13.8 Å². The Hall–Kier alpha value is -1.16. The normalized spacial score (nSPS) is 16.6. The Balaban J connectivity index is 0.00000392. The summed E-state index contributed by atoms with van der Waals surface area (Å²) in [5, 5.41) is 6.93. The van der Waals surface area contributed by atoms with Gasteiger partial charge in [0.05, 0.1) is 0 Å². The predicted octanol–water partition coefficient (Wildman–Crippen LogP) is 2.60. The van der Waals surface area contributed by atoms with Crippen molar-refractivity contribution in [3.8, 4) is 0 Å². The van der Waals surface area contributed by atoms with Crippen molar-refractivity contribution in [2.24, 2.45) is 10.9 Å². The molecule has 2 rings (SSSR count). The van der Waals surface area contributed by atoms with Crippen LogP contribution in [0.25, 0.3) is 0 Å². The number of piperazine rings is 1. The molecule has 28 heavy (non-hydrogen) atoms. The number of anilines is 1. The zero-order valence-electron chi connectivity index (χ0n) is 17.9. The van der Waals surface area contributed by atoms with Gasteiger partial charge in [-0.3, -0.25) is 9.89 Å². The van der Waals surface area contributed by atoms with Crippen LogP contribution in [0, 0.1) is 5.92 Å². The second kappa shape index (κ2) is 13.9. The molecule has 0 aromatic carbocycles. The third-order valence-corrected chi connectivity index (χ3v) is 4.93. The van der Waals surface area contributed by atoms with Crippen molar-refractivity contribution in [2.75, 3.05) is 51.2 Å². The molecule has 1 atom stereocenters. The Bertz CT molecular complexity index is 545. The standard InChI is InChI=1S/C20H37N7.HI/c1-17(2)7-8-18(3)25-19(21-4)22-11-6-12-26-13-15-27(16-14-26)20-23-9-5-10-24-20;/h5,9-10,17-18H,6-8,11-16H2,1-4H3,(H2,21,22,25);1H. The first kappa shape index (κ1) is 24.9. The molecule has 0 bridgehead atoms. The van der Waals surface area contributed by atoms with Crippen LogP contribution in [-0.2, 0) is 0 Å². The summed E-state index contributed by atoms with van der Waals surface area (Å²) in [5.74, 6) is 2.51. The van der Waals surface area contributed by atoms with Gasteiger partial charge in [-0.2, -0.15) is 0 Å². The lowest BCUT2D eigenvalue weighted by molar-refractivity contribution is 0.254. The van der Waals surface area contributed by atoms with Gasteiger partial charge in [0.1, 0.15) is 0 Å². The number of rotatable bonds is 9. The average molecular weight is 503 g/mol. The summed E-state index contributed by atoms with van der Waals surface area (Å²) in [4.78, 5) is 17.8. The fourth-order valence-electron chi connectivity index (χ4n) is 3.22. The Morgan fingerprint density at radius 3 is 2.39 bits per heavy atom. The number of guanidine groups is 1. The van der Waals surface area contributed by atoms with Crippen LogP contribution in [0.5, 0.6) is 0 Å². The van der Waals surface area contributed by atoms with E-state index in [0.717, 1.165) is 63.5 Å². The second-order valence-corrected chi connectivity index (χ2v) is 7.75. The van der Waals surface area contributed by atoms with E-state index in [1.807, 2.05) is 25.5 Å². The SMILES string of the molecule is CN=C(NCCCN1CCN(c2ncccn2)CC1)NC(C)CCC(C)C.I. The van der Waals surface area contributed by atoms with E-state index in [0.29, 0.717) is 6.04 Å². The van der Waals surface area contributed by atoms with E-state index < -0.39 is 0 Å². The molecule has 1 aromatic rings. The topological polar surface area (TPSA) is 68.7 Å². The van der Waals surface area contributed by atoms with Crippen LogP contribution in [0.15, 0.2) is 23.5 Å². The zero-order valence-corrected chi connectivity index (χ0v) is 20.2. The molecule has 8 heteroatoms. The van der Waals surface area contributed by atoms with Crippen LogP contribution in [0.3, 0.4) is 0 Å². The van der Waals surface area contributed by atoms with Crippen LogP contribution in [0.2, 0.25) is 0 Å². The van der Waals surface area contributed by atoms with E-state index in [-0.39, 0.29) is 24.0 Å². The molecule has 0 aliphatic carbocycles. The summed E-state index contributed by atoms with van der Waals surface area (Å²) >= 11 is 0. The van der Waals surface area contributed by atoms with Gasteiger partial charge in [0.15, 0.2) is 5.96 Å². The monoisotopic (exact) mass is 503 g/mol. The summed E-state index contributed by atoms with van der Waals surface area (Å²) in [5.41, 5.74) is 0. The van der Waals surface area contributed by atoms with E-state index >= 15 is 0 Å². The summed E-state index contributed by atoms with van der Waals surface area (Å²) in [7, 11) is 1.84. The first-order valence-electron chi connectivity index (χ1n) is 10.3. The van der Waals surface area contributed by atoms with Crippen LogP contribution < -0.4 is 15.5 Å². The second-order valence-electron chi connectivity index (χ2n) is 7.75. The molecule has 0 amide bonds. The molecule has 1 unspecified atom stereocenters. The van der Waals surface area contributed by atoms with Crippen molar-refractivity contribution in [2.45, 2.75) is 46.1 Å².